The van der Waals surface area contributed by atoms with Gasteiger partial charge in [-0.3, -0.25) is 0 Å². The fraction of sp³-hybridized carbons (Fsp3) is 0.500. The molecule has 3 N–H and O–H groups in total. The minimum absolute atomic E-state index is 0.172. The summed E-state index contributed by atoms with van der Waals surface area (Å²) < 4.78 is 13.6. The predicted molar refractivity (Wildman–Crippen MR) is 89.0 cm³/mol. The van der Waals surface area contributed by atoms with E-state index in [1.165, 1.54) is 25.3 Å². The first kappa shape index (κ1) is 16.0. The van der Waals surface area contributed by atoms with Crippen LogP contribution in [-0.2, 0) is 0 Å². The first-order chi connectivity index (χ1) is 11.2. The number of rotatable bonds is 4. The largest absolute Gasteiger partial charge is 0.335 e. The number of halogens is 1. The van der Waals surface area contributed by atoms with E-state index in [0.29, 0.717) is 12.1 Å². The lowest BCUT2D eigenvalue weighted by Gasteiger charge is -2.45. The van der Waals surface area contributed by atoms with Crippen LogP contribution in [0.2, 0.25) is 0 Å². The molecule has 0 saturated carbocycles. The number of amides is 2. The van der Waals surface area contributed by atoms with Gasteiger partial charge in [0.15, 0.2) is 0 Å². The van der Waals surface area contributed by atoms with E-state index in [1.807, 2.05) is 6.08 Å². The van der Waals surface area contributed by atoms with Gasteiger partial charge < -0.3 is 15.5 Å². The number of hydrogen-bond acceptors (Lipinski definition) is 1. The number of hydrogen-bond donors (Lipinski definition) is 3. The fourth-order valence-corrected chi connectivity index (χ4v) is 4.16. The van der Waals surface area contributed by atoms with Crippen molar-refractivity contribution in [3.8, 4) is 0 Å². The third-order valence-electron chi connectivity index (χ3n) is 5.13. The highest BCUT2D eigenvalue weighted by Gasteiger charge is 2.41. The van der Waals surface area contributed by atoms with Crippen molar-refractivity contribution in [2.75, 3.05) is 11.9 Å². The van der Waals surface area contributed by atoms with Gasteiger partial charge in [0.05, 0.1) is 24.3 Å². The summed E-state index contributed by atoms with van der Waals surface area (Å²) in [5.74, 6) is -0.412. The van der Waals surface area contributed by atoms with E-state index in [0.717, 1.165) is 19.4 Å². The standard InChI is InChI=1S/C18H24FN3O/c1-2-10-22-14-6-5-7-15(22)12-13(11-14)20-18(23)21-17-9-4-3-8-16(17)19/h2-4,8-9,13-15H,1,5-7,10-12H2,(H2,20,21,23)/p+1/t13?,14-,15+. The van der Waals surface area contributed by atoms with Gasteiger partial charge in [-0.2, -0.15) is 0 Å². The number of urea groups is 1. The highest BCUT2D eigenvalue weighted by Crippen LogP contribution is 2.22. The number of fused-ring (bicyclic) bond motifs is 2. The van der Waals surface area contributed by atoms with Gasteiger partial charge in [-0.25, -0.2) is 9.18 Å². The summed E-state index contributed by atoms with van der Waals surface area (Å²) in [6.07, 6.45) is 7.69. The molecule has 1 aromatic rings. The molecule has 2 saturated heterocycles. The lowest BCUT2D eigenvalue weighted by molar-refractivity contribution is -0.955. The Bertz CT molecular complexity index is 563. The Labute approximate surface area is 136 Å². The molecular weight excluding hydrogens is 293 g/mol. The van der Waals surface area contributed by atoms with E-state index in [4.69, 9.17) is 0 Å². The lowest BCUT2D eigenvalue weighted by atomic mass is 9.82. The topological polar surface area (TPSA) is 45.6 Å². The summed E-state index contributed by atoms with van der Waals surface area (Å²) in [5.41, 5.74) is 0.222. The molecule has 2 bridgehead atoms. The van der Waals surface area contributed by atoms with E-state index in [2.05, 4.69) is 17.2 Å². The molecule has 23 heavy (non-hydrogen) atoms. The van der Waals surface area contributed by atoms with E-state index in [-0.39, 0.29) is 17.8 Å². The molecule has 2 heterocycles. The maximum absolute atomic E-state index is 13.6. The number of benzene rings is 1. The number of piperidine rings is 2. The fourth-order valence-electron chi connectivity index (χ4n) is 4.16. The highest BCUT2D eigenvalue weighted by molar-refractivity contribution is 5.89. The molecular formula is C18H25FN3O+. The third-order valence-corrected chi connectivity index (χ3v) is 5.13. The van der Waals surface area contributed by atoms with Crippen LogP contribution in [0.25, 0.3) is 0 Å². The van der Waals surface area contributed by atoms with Gasteiger partial charge >= 0.3 is 6.03 Å². The van der Waals surface area contributed by atoms with E-state index >= 15 is 0 Å². The van der Waals surface area contributed by atoms with Crippen molar-refractivity contribution in [3.63, 3.8) is 0 Å². The quantitative estimate of drug-likeness (QED) is 0.732. The molecule has 2 amide bonds. The normalized spacial score (nSPS) is 29.6. The molecule has 4 nitrogen and oxygen atoms in total. The second kappa shape index (κ2) is 7.13. The molecule has 4 atom stereocenters. The number of quaternary nitrogens is 1. The highest BCUT2D eigenvalue weighted by atomic mass is 19.1. The average Bonchev–Trinajstić information content (AvgIpc) is 2.50. The molecule has 0 aliphatic carbocycles. The number of para-hydroxylation sites is 1. The first-order valence-corrected chi connectivity index (χ1v) is 8.46. The van der Waals surface area contributed by atoms with Crippen LogP contribution in [0.15, 0.2) is 36.9 Å². The van der Waals surface area contributed by atoms with Crippen LogP contribution >= 0.6 is 0 Å². The number of nitrogens with one attached hydrogen (secondary N) is 3. The maximum Gasteiger partial charge on any atom is 0.319 e. The third kappa shape index (κ3) is 3.72. The maximum atomic E-state index is 13.6. The van der Waals surface area contributed by atoms with Crippen molar-refractivity contribution in [2.24, 2.45) is 0 Å². The van der Waals surface area contributed by atoms with Crippen LogP contribution in [0, 0.1) is 5.82 Å². The summed E-state index contributed by atoms with van der Waals surface area (Å²) in [6.45, 7) is 4.87. The zero-order chi connectivity index (χ0) is 16.2. The van der Waals surface area contributed by atoms with Crippen molar-refractivity contribution in [3.05, 3.63) is 42.7 Å². The van der Waals surface area contributed by atoms with Gasteiger partial charge in [-0.1, -0.05) is 18.7 Å². The van der Waals surface area contributed by atoms with Crippen molar-refractivity contribution in [1.29, 1.82) is 0 Å². The lowest BCUT2D eigenvalue weighted by Crippen LogP contribution is -3.21. The smallest absolute Gasteiger partial charge is 0.319 e. The number of carbonyl (C=O) groups excluding carboxylic acids is 1. The molecule has 5 heteroatoms. The van der Waals surface area contributed by atoms with Gasteiger partial charge in [0, 0.05) is 18.9 Å². The Morgan fingerprint density at radius 1 is 1.30 bits per heavy atom. The van der Waals surface area contributed by atoms with Crippen LogP contribution in [0.5, 0.6) is 0 Å². The average molecular weight is 318 g/mol. The summed E-state index contributed by atoms with van der Waals surface area (Å²) in [4.78, 5) is 13.8. The molecule has 2 aliphatic heterocycles. The minimum atomic E-state index is -0.412. The van der Waals surface area contributed by atoms with Crippen LogP contribution < -0.4 is 15.5 Å². The number of carbonyl (C=O) groups is 1. The van der Waals surface area contributed by atoms with E-state index in [1.54, 1.807) is 23.1 Å². The second-order valence-corrected chi connectivity index (χ2v) is 6.64. The van der Waals surface area contributed by atoms with Crippen molar-refractivity contribution in [1.82, 2.24) is 5.32 Å². The monoisotopic (exact) mass is 318 g/mol. The molecule has 2 aliphatic rings. The second-order valence-electron chi connectivity index (χ2n) is 6.64. The van der Waals surface area contributed by atoms with E-state index in [9.17, 15) is 9.18 Å². The minimum Gasteiger partial charge on any atom is -0.335 e. The summed E-state index contributed by atoms with van der Waals surface area (Å²) in [7, 11) is 0. The molecule has 3 rings (SSSR count). The summed E-state index contributed by atoms with van der Waals surface area (Å²) >= 11 is 0. The SMILES string of the molecule is C=CC[NH+]1[C@@H]2CCC[C@H]1CC(NC(=O)Nc1ccccc1F)C2. The van der Waals surface area contributed by atoms with Crippen molar-refractivity contribution in [2.45, 2.75) is 50.2 Å². The molecule has 1 aromatic carbocycles. The Morgan fingerprint density at radius 3 is 2.65 bits per heavy atom. The predicted octanol–water partition coefficient (Wildman–Crippen LogP) is 2.10. The van der Waals surface area contributed by atoms with Crippen LogP contribution in [0.4, 0.5) is 14.9 Å². The first-order valence-electron chi connectivity index (χ1n) is 8.46. The van der Waals surface area contributed by atoms with Crippen LogP contribution in [0.3, 0.4) is 0 Å². The van der Waals surface area contributed by atoms with Gasteiger partial charge in [-0.15, -0.1) is 0 Å². The van der Waals surface area contributed by atoms with Crippen molar-refractivity contribution >= 4 is 11.7 Å². The molecule has 0 spiro atoms. The van der Waals surface area contributed by atoms with Gasteiger partial charge in [0.2, 0.25) is 0 Å². The van der Waals surface area contributed by atoms with Gasteiger partial charge in [0.1, 0.15) is 5.82 Å². The Hall–Kier alpha value is -1.88. The summed E-state index contributed by atoms with van der Waals surface area (Å²) in [6, 6.07) is 7.28. The Kier molecular flexibility index (Phi) is 4.96. The summed E-state index contributed by atoms with van der Waals surface area (Å²) in [5, 5.41) is 5.64. The Balaban J connectivity index is 1.58. The Morgan fingerprint density at radius 2 is 2.00 bits per heavy atom. The van der Waals surface area contributed by atoms with Crippen LogP contribution in [-0.4, -0.2) is 30.7 Å². The van der Waals surface area contributed by atoms with Crippen LogP contribution in [0.1, 0.15) is 32.1 Å². The molecule has 2 fully saturated rings. The molecule has 0 aromatic heterocycles. The van der Waals surface area contributed by atoms with Crippen molar-refractivity contribution < 1.29 is 14.1 Å². The zero-order valence-electron chi connectivity index (χ0n) is 13.4. The molecule has 124 valence electrons. The molecule has 2 unspecified atom stereocenters. The van der Waals surface area contributed by atoms with Gasteiger partial charge in [-0.05, 0) is 37.5 Å². The number of anilines is 1. The molecule has 0 radical (unpaired) electrons. The van der Waals surface area contributed by atoms with E-state index < -0.39 is 5.82 Å². The zero-order valence-corrected chi connectivity index (χ0v) is 13.4. The van der Waals surface area contributed by atoms with Gasteiger partial charge in [0.25, 0.3) is 0 Å².